The molecule has 0 amide bonds. The van der Waals surface area contributed by atoms with Crippen LogP contribution >= 0.6 is 0 Å². The van der Waals surface area contributed by atoms with Crippen LogP contribution in [0.15, 0.2) is 35.2 Å². The number of hydrogen-bond acceptors (Lipinski definition) is 6. The molecule has 1 aliphatic carbocycles. The van der Waals surface area contributed by atoms with Crippen LogP contribution in [0, 0.1) is 5.92 Å². The Labute approximate surface area is 184 Å². The highest BCUT2D eigenvalue weighted by Gasteiger charge is 2.38. The molecular weight excluding hydrogens is 412 g/mol. The molecule has 0 N–H and O–H groups in total. The van der Waals surface area contributed by atoms with Crippen molar-refractivity contribution in [3.8, 4) is 0 Å². The Bertz CT molecular complexity index is 967. The minimum atomic E-state index is -3.46. The molecule has 1 atom stereocenters. The lowest BCUT2D eigenvalue weighted by Gasteiger charge is -2.40. The van der Waals surface area contributed by atoms with Crippen LogP contribution < -0.4 is 0 Å². The number of benzene rings is 1. The van der Waals surface area contributed by atoms with E-state index in [0.29, 0.717) is 23.4 Å². The van der Waals surface area contributed by atoms with Crippen molar-refractivity contribution in [3.05, 3.63) is 36.2 Å². The number of hydrogen-bond donors (Lipinski definition) is 0. The molecule has 2 saturated heterocycles. The maximum absolute atomic E-state index is 13.5. The van der Waals surface area contributed by atoms with Crippen molar-refractivity contribution in [3.63, 3.8) is 0 Å². The number of aromatic nitrogens is 4. The topological polar surface area (TPSA) is 84.2 Å². The maximum Gasteiger partial charge on any atom is 0.243 e. The van der Waals surface area contributed by atoms with Gasteiger partial charge < -0.3 is 0 Å². The lowest BCUT2D eigenvalue weighted by molar-refractivity contribution is 0.120. The van der Waals surface area contributed by atoms with Crippen LogP contribution in [-0.4, -0.2) is 63.5 Å². The quantitative estimate of drug-likeness (QED) is 0.681. The SMILES string of the molecule is O=S(=O)(c1ccccc1)N1CCCCCC1C1CCN(Cc2nnnn2C2CC2)CC1. The normalized spacial score (nSPS) is 24.8. The molecule has 2 aliphatic heterocycles. The summed E-state index contributed by atoms with van der Waals surface area (Å²) >= 11 is 0. The number of nitrogens with zero attached hydrogens (tertiary/aromatic N) is 6. The van der Waals surface area contributed by atoms with E-state index in [2.05, 4.69) is 20.4 Å². The second-order valence-electron chi connectivity index (χ2n) is 9.23. The van der Waals surface area contributed by atoms with Gasteiger partial charge in [-0.05, 0) is 80.1 Å². The molecule has 1 aromatic heterocycles. The fourth-order valence-electron chi connectivity index (χ4n) is 5.22. The van der Waals surface area contributed by atoms with Gasteiger partial charge in [-0.15, -0.1) is 5.10 Å². The van der Waals surface area contributed by atoms with Crippen molar-refractivity contribution in [1.82, 2.24) is 29.4 Å². The fourth-order valence-corrected chi connectivity index (χ4v) is 7.00. The zero-order chi connectivity index (χ0) is 21.3. The minimum Gasteiger partial charge on any atom is -0.296 e. The summed E-state index contributed by atoms with van der Waals surface area (Å²) in [7, 11) is -3.46. The zero-order valence-electron chi connectivity index (χ0n) is 18.0. The number of tetrazole rings is 1. The first kappa shape index (κ1) is 21.0. The van der Waals surface area contributed by atoms with Gasteiger partial charge in [-0.25, -0.2) is 13.1 Å². The van der Waals surface area contributed by atoms with Crippen LogP contribution in [0.25, 0.3) is 0 Å². The van der Waals surface area contributed by atoms with E-state index in [1.165, 1.54) is 12.8 Å². The maximum atomic E-state index is 13.5. The average molecular weight is 445 g/mol. The number of piperidine rings is 1. The van der Waals surface area contributed by atoms with Crippen LogP contribution in [-0.2, 0) is 16.6 Å². The van der Waals surface area contributed by atoms with Crippen LogP contribution in [0.2, 0.25) is 0 Å². The van der Waals surface area contributed by atoms with E-state index in [1.54, 1.807) is 12.1 Å². The monoisotopic (exact) mass is 444 g/mol. The standard InChI is InChI=1S/C22H32N6O2S/c29-31(30,20-7-3-1-4-8-20)27-14-6-2-5-9-21(27)18-12-15-26(16-13-18)17-22-23-24-25-28(22)19-10-11-19/h1,3-4,7-8,18-19,21H,2,5-6,9-17H2. The summed E-state index contributed by atoms with van der Waals surface area (Å²) in [6, 6.07) is 9.54. The Morgan fingerprint density at radius 3 is 2.42 bits per heavy atom. The second kappa shape index (κ2) is 8.96. The molecule has 0 radical (unpaired) electrons. The van der Waals surface area contributed by atoms with Crippen LogP contribution in [0.3, 0.4) is 0 Å². The van der Waals surface area contributed by atoms with E-state index < -0.39 is 10.0 Å². The molecule has 1 aromatic carbocycles. The molecule has 0 spiro atoms. The molecule has 31 heavy (non-hydrogen) atoms. The third-order valence-corrected chi connectivity index (χ3v) is 9.03. The molecule has 3 heterocycles. The van der Waals surface area contributed by atoms with E-state index in [1.807, 2.05) is 27.2 Å². The highest BCUT2D eigenvalue weighted by atomic mass is 32.2. The summed E-state index contributed by atoms with van der Waals surface area (Å²) in [5.41, 5.74) is 0. The van der Waals surface area contributed by atoms with Crippen LogP contribution in [0.4, 0.5) is 0 Å². The molecule has 3 fully saturated rings. The van der Waals surface area contributed by atoms with Gasteiger partial charge in [-0.2, -0.15) is 4.31 Å². The highest BCUT2D eigenvalue weighted by Crippen LogP contribution is 2.36. The largest absolute Gasteiger partial charge is 0.296 e. The molecule has 1 unspecified atom stereocenters. The van der Waals surface area contributed by atoms with Crippen molar-refractivity contribution in [2.24, 2.45) is 5.92 Å². The van der Waals surface area contributed by atoms with Crippen molar-refractivity contribution in [2.75, 3.05) is 19.6 Å². The Morgan fingerprint density at radius 2 is 1.68 bits per heavy atom. The summed E-state index contributed by atoms with van der Waals surface area (Å²) in [5.74, 6) is 1.37. The molecule has 1 saturated carbocycles. The fraction of sp³-hybridized carbons (Fsp3) is 0.682. The molecule has 2 aromatic rings. The van der Waals surface area contributed by atoms with Crippen LogP contribution in [0.5, 0.6) is 0 Å². The summed E-state index contributed by atoms with van der Waals surface area (Å²) < 4.78 is 30.8. The predicted octanol–water partition coefficient (Wildman–Crippen LogP) is 2.85. The van der Waals surface area contributed by atoms with Gasteiger partial charge in [0.05, 0.1) is 17.5 Å². The van der Waals surface area contributed by atoms with Crippen molar-refractivity contribution >= 4 is 10.0 Å². The summed E-state index contributed by atoms with van der Waals surface area (Å²) in [5, 5.41) is 12.3. The van der Waals surface area contributed by atoms with Gasteiger partial charge in [0.1, 0.15) is 0 Å². The average Bonchev–Trinajstić information content (AvgIpc) is 3.58. The van der Waals surface area contributed by atoms with E-state index in [9.17, 15) is 8.42 Å². The first-order valence-corrected chi connectivity index (χ1v) is 13.1. The zero-order valence-corrected chi connectivity index (χ0v) is 18.8. The van der Waals surface area contributed by atoms with Gasteiger partial charge in [-0.1, -0.05) is 31.0 Å². The molecule has 9 heteroatoms. The van der Waals surface area contributed by atoms with Crippen molar-refractivity contribution in [2.45, 2.75) is 74.9 Å². The van der Waals surface area contributed by atoms with E-state index in [0.717, 1.165) is 64.0 Å². The lowest BCUT2D eigenvalue weighted by Crippen LogP contribution is -2.47. The van der Waals surface area contributed by atoms with Crippen LogP contribution in [0.1, 0.15) is 63.2 Å². The lowest BCUT2D eigenvalue weighted by atomic mass is 9.87. The Kier molecular flexibility index (Phi) is 6.08. The third-order valence-electron chi connectivity index (χ3n) is 7.09. The Balaban J connectivity index is 1.27. The molecule has 0 bridgehead atoms. The second-order valence-corrected chi connectivity index (χ2v) is 11.1. The number of rotatable bonds is 6. The van der Waals surface area contributed by atoms with Gasteiger partial charge >= 0.3 is 0 Å². The van der Waals surface area contributed by atoms with E-state index in [4.69, 9.17) is 0 Å². The Hall–Kier alpha value is -1.84. The van der Waals surface area contributed by atoms with E-state index >= 15 is 0 Å². The molecule has 8 nitrogen and oxygen atoms in total. The summed E-state index contributed by atoms with van der Waals surface area (Å²) in [6.07, 6.45) is 8.54. The van der Waals surface area contributed by atoms with Gasteiger partial charge in [0.15, 0.2) is 5.82 Å². The predicted molar refractivity (Wildman–Crippen MR) is 117 cm³/mol. The molecular formula is C22H32N6O2S. The summed E-state index contributed by atoms with van der Waals surface area (Å²) in [6.45, 7) is 3.36. The third kappa shape index (κ3) is 4.54. The molecule has 3 aliphatic rings. The molecule has 5 rings (SSSR count). The molecule has 168 valence electrons. The van der Waals surface area contributed by atoms with Gasteiger partial charge in [0, 0.05) is 12.6 Å². The number of sulfonamides is 1. The minimum absolute atomic E-state index is 0.103. The highest BCUT2D eigenvalue weighted by molar-refractivity contribution is 7.89. The van der Waals surface area contributed by atoms with Crippen molar-refractivity contribution < 1.29 is 8.42 Å². The van der Waals surface area contributed by atoms with Gasteiger partial charge in [-0.3, -0.25) is 4.90 Å². The number of likely N-dealkylation sites (tertiary alicyclic amines) is 1. The Morgan fingerprint density at radius 1 is 0.903 bits per heavy atom. The smallest absolute Gasteiger partial charge is 0.243 e. The first-order chi connectivity index (χ1) is 15.1. The van der Waals surface area contributed by atoms with Gasteiger partial charge in [0.2, 0.25) is 10.0 Å². The summed E-state index contributed by atoms with van der Waals surface area (Å²) in [4.78, 5) is 2.85. The van der Waals surface area contributed by atoms with E-state index in [-0.39, 0.29) is 6.04 Å². The van der Waals surface area contributed by atoms with Crippen molar-refractivity contribution in [1.29, 1.82) is 0 Å². The first-order valence-electron chi connectivity index (χ1n) is 11.7. The van der Waals surface area contributed by atoms with Gasteiger partial charge in [0.25, 0.3) is 0 Å².